The van der Waals surface area contributed by atoms with Crippen molar-refractivity contribution in [1.29, 1.82) is 0 Å². The van der Waals surface area contributed by atoms with Crippen molar-refractivity contribution in [2.24, 2.45) is 0 Å². The quantitative estimate of drug-likeness (QED) is 0.239. The standard InChI is InChI=1S/C15H10ClN7O.2C2HF3O2/c16-9-3-4-13-11(6-9)19-12(15-20-21-22-23(13)15)7-14(24)18-10-2-1-5-17-8-10;2*3-2(4,5)1(6)7/h1-6,8H,7H2,(H,18,24);2*(H,6,7)/i7D2;;/hD3. The van der Waals surface area contributed by atoms with Crippen LogP contribution in [0.2, 0.25) is 9.26 Å². The van der Waals surface area contributed by atoms with E-state index in [2.05, 4.69) is 15.3 Å². The van der Waals surface area contributed by atoms with Gasteiger partial charge in [-0.15, -0.1) is 0 Å². The molecule has 0 radical (unpaired) electrons. The minimum atomic E-state index is -5.19. The van der Waals surface area contributed by atoms with Gasteiger partial charge in [0, 0.05) is 13.8 Å². The first-order valence-corrected chi connectivity index (χ1v) is 9.64. The van der Waals surface area contributed by atoms with Crippen molar-refractivity contribution in [3.63, 3.8) is 0 Å². The molecular formula is C19H12ClF6N7O5. The number of anilines is 1. The lowest BCUT2D eigenvalue weighted by Gasteiger charge is -2.03. The van der Waals surface area contributed by atoms with Gasteiger partial charge >= 0.3 is 20.8 Å². The van der Waals surface area contributed by atoms with Crippen molar-refractivity contribution in [3.8, 4) is 0 Å². The van der Waals surface area contributed by atoms with E-state index in [1.807, 2.05) is 0 Å². The number of carbonyl (C=O) groups is 3. The number of H-pyrrole nitrogens is 2. The minimum Gasteiger partial charge on any atom is -0.542 e. The number of aromatic nitrogens is 6. The van der Waals surface area contributed by atoms with E-state index in [0.29, 0.717) is 21.1 Å². The number of rotatable bonds is 3. The number of benzene rings is 1. The fraction of sp³-hybridized carbons (Fsp3) is 0.158. The molecule has 38 heavy (non-hydrogen) atoms. The van der Waals surface area contributed by atoms with Gasteiger partial charge in [0.1, 0.15) is 28.8 Å². The topological polar surface area (TPSA) is 182 Å². The molecule has 0 spiro atoms. The van der Waals surface area contributed by atoms with Gasteiger partial charge in [-0.1, -0.05) is 16.1 Å². The Hall–Kier alpha value is -4.61. The van der Waals surface area contributed by atoms with Crippen LogP contribution in [0, 0.1) is 0 Å². The zero-order chi connectivity index (χ0) is 33.1. The third-order valence-corrected chi connectivity index (χ3v) is 3.88. The molecule has 202 valence electrons. The first-order valence-electron chi connectivity index (χ1n) is 11.6. The van der Waals surface area contributed by atoms with Crippen molar-refractivity contribution in [1.82, 2.24) is 20.5 Å². The summed E-state index contributed by atoms with van der Waals surface area (Å²) in [6.07, 6.45) is -10.6. The van der Waals surface area contributed by atoms with Crippen LogP contribution in [0.4, 0.5) is 32.0 Å². The number of aromatic amines is 2. The Morgan fingerprint density at radius 2 is 1.79 bits per heavy atom. The molecule has 0 unspecified atom stereocenters. The second kappa shape index (κ2) is 12.1. The molecule has 19 heteroatoms. The predicted molar refractivity (Wildman–Crippen MR) is 107 cm³/mol. The molecule has 1 aromatic carbocycles. The lowest BCUT2D eigenvalue weighted by molar-refractivity contribution is -0.554. The van der Waals surface area contributed by atoms with E-state index in [9.17, 15) is 31.1 Å². The third kappa shape index (κ3) is 8.50. The van der Waals surface area contributed by atoms with Gasteiger partial charge in [-0.2, -0.15) is 26.3 Å². The van der Waals surface area contributed by atoms with Gasteiger partial charge < -0.3 is 25.1 Å². The number of fused-ring (bicyclic) bond motifs is 3. The fourth-order valence-corrected chi connectivity index (χ4v) is 2.35. The molecule has 3 aromatic heterocycles. The van der Waals surface area contributed by atoms with E-state index >= 15 is 0 Å². The highest BCUT2D eigenvalue weighted by Gasteiger charge is 2.29. The van der Waals surface area contributed by atoms with Crippen LogP contribution in [0.1, 0.15) is 8.44 Å². The number of hydrogen-bond donors (Lipinski definition) is 2. The van der Waals surface area contributed by atoms with Crippen molar-refractivity contribution in [2.75, 3.05) is 5.31 Å². The molecule has 0 aliphatic carbocycles. The molecule has 1 amide bonds. The smallest absolute Gasteiger partial charge is 0.453 e. The van der Waals surface area contributed by atoms with Gasteiger partial charge in [-0.05, 0) is 29.5 Å². The highest BCUT2D eigenvalue weighted by molar-refractivity contribution is 6.31. The Morgan fingerprint density at radius 1 is 1.18 bits per heavy atom. The molecule has 0 fully saturated rings. The molecule has 0 saturated carbocycles. The van der Waals surface area contributed by atoms with Crippen molar-refractivity contribution in [3.05, 3.63) is 53.4 Å². The van der Waals surface area contributed by atoms with E-state index in [4.69, 9.17) is 38.4 Å². The van der Waals surface area contributed by atoms with E-state index < -0.39 is 42.3 Å². The highest BCUT2D eigenvalue weighted by atomic mass is 35.5. The molecule has 0 bridgehead atoms. The van der Waals surface area contributed by atoms with Crippen LogP contribution in [-0.4, -0.2) is 50.7 Å². The molecule has 0 aliphatic rings. The molecule has 12 nitrogen and oxygen atoms in total. The number of carboxylic acids is 2. The summed E-state index contributed by atoms with van der Waals surface area (Å²) in [7, 11) is 0. The van der Waals surface area contributed by atoms with Crippen molar-refractivity contribution >= 4 is 51.8 Å². The van der Waals surface area contributed by atoms with E-state index in [0.717, 1.165) is 4.98 Å². The molecule has 0 aliphatic heterocycles. The Morgan fingerprint density at radius 3 is 2.34 bits per heavy atom. The number of nitrogens with one attached hydrogen (secondary N) is 3. The largest absolute Gasteiger partial charge is 0.542 e. The number of amides is 1. The summed E-state index contributed by atoms with van der Waals surface area (Å²) in [6, 6.07) is 7.47. The molecule has 4 rings (SSSR count). The van der Waals surface area contributed by atoms with Gasteiger partial charge in [0.2, 0.25) is 5.91 Å². The second-order valence-electron chi connectivity index (χ2n) is 6.33. The molecular weight excluding hydrogens is 556 g/mol. The minimum absolute atomic E-state index is 0.00625. The van der Waals surface area contributed by atoms with Crippen LogP contribution in [0.3, 0.4) is 0 Å². The zero-order valence-corrected chi connectivity index (χ0v) is 18.6. The molecule has 4 aromatic rings. The first kappa shape index (κ1) is 22.6. The van der Waals surface area contributed by atoms with Crippen LogP contribution in [0.5, 0.6) is 0 Å². The summed E-state index contributed by atoms with van der Waals surface area (Å²) in [6.45, 7) is 0. The summed E-state index contributed by atoms with van der Waals surface area (Å²) in [5.41, 5.74) is 0.0829. The summed E-state index contributed by atoms with van der Waals surface area (Å²) in [5, 5.41) is 26.4. The van der Waals surface area contributed by atoms with Crippen LogP contribution < -0.4 is 25.0 Å². The number of carbonyl (C=O) groups excluding carboxylic acids is 3. The van der Waals surface area contributed by atoms with Gasteiger partial charge in [0.05, 0.1) is 16.7 Å². The molecule has 0 atom stereocenters. The third-order valence-electron chi connectivity index (χ3n) is 3.64. The van der Waals surface area contributed by atoms with Crippen LogP contribution >= 0.6 is 11.6 Å². The normalized spacial score (nSPS) is 13.4. The number of alkyl halides is 6. The first-order chi connectivity index (χ1) is 19.6. The summed E-state index contributed by atoms with van der Waals surface area (Å²) in [5.74, 6) is -7.26. The number of pyridine rings is 1. The summed E-state index contributed by atoms with van der Waals surface area (Å²) in [4.78, 5) is 35.5. The number of carboxylic acid groups (broad SMARTS) is 2. The zero-order valence-electron chi connectivity index (χ0n) is 22.9. The molecule has 3 N–H and O–H groups in total. The van der Waals surface area contributed by atoms with E-state index in [1.54, 1.807) is 12.1 Å². The number of halogens is 7. The highest BCUT2D eigenvalue weighted by Crippen LogP contribution is 2.17. The van der Waals surface area contributed by atoms with Gasteiger partial charge in [-0.3, -0.25) is 4.79 Å². The molecule has 0 saturated heterocycles. The van der Waals surface area contributed by atoms with Crippen molar-refractivity contribution in [2.45, 2.75) is 18.7 Å². The maximum atomic E-state index is 12.8. The van der Waals surface area contributed by atoms with Crippen molar-refractivity contribution < 1.29 is 67.4 Å². The fourth-order valence-electron chi connectivity index (χ4n) is 2.18. The van der Waals surface area contributed by atoms with Crippen LogP contribution in [0.25, 0.3) is 16.7 Å². The summed E-state index contributed by atoms with van der Waals surface area (Å²) >= 11 is 6.00. The Labute approximate surface area is 218 Å². The monoisotopic (exact) mass is 572 g/mol. The van der Waals surface area contributed by atoms with E-state index in [-0.39, 0.29) is 16.9 Å². The average Bonchev–Trinajstić information content (AvgIpc) is 3.27. The number of tetrazole rings is 1. The Balaban J connectivity index is 0.000000384. The van der Waals surface area contributed by atoms with Crippen LogP contribution in [-0.2, 0) is 20.8 Å². The number of hydrogen-bond acceptors (Lipinski definition) is 8. The van der Waals surface area contributed by atoms with E-state index in [1.165, 1.54) is 35.1 Å². The van der Waals surface area contributed by atoms with Crippen LogP contribution in [0.15, 0.2) is 42.7 Å². The second-order valence-corrected chi connectivity index (χ2v) is 6.77. The molecule has 3 heterocycles. The van der Waals surface area contributed by atoms with Gasteiger partial charge in [0.15, 0.2) is 19.3 Å². The average molecular weight is 573 g/mol. The predicted octanol–water partition coefficient (Wildman–Crippen LogP) is -0.663. The SMILES string of the molecule is O=C([O-])C(F)(F)F.O=C([O-])C(F)(F)F.[2H]N(C(=O)C([2H])([2H])c1nc2cc(Cl)ccc2[n+]2nn([2H])nc12)c1ccc[n+]([2H])c1. The Bertz CT molecular complexity index is 1670. The maximum Gasteiger partial charge on any atom is 0.453 e. The maximum absolute atomic E-state index is 12.8. The lowest BCUT2D eigenvalue weighted by atomic mass is 10.2. The number of nitrogens with zero attached hydrogens (tertiary/aromatic N) is 4. The number of aliphatic carboxylic acids is 2. The summed E-state index contributed by atoms with van der Waals surface area (Å²) < 4.78 is 104. The van der Waals surface area contributed by atoms with Gasteiger partial charge in [0.25, 0.3) is 0 Å². The Kier molecular flexibility index (Phi) is 7.18. The van der Waals surface area contributed by atoms with Gasteiger partial charge in [-0.25, -0.2) is 9.96 Å². The lowest BCUT2D eigenvalue weighted by Crippen LogP contribution is -2.37.